The summed E-state index contributed by atoms with van der Waals surface area (Å²) in [4.78, 5) is 35.7. The summed E-state index contributed by atoms with van der Waals surface area (Å²) >= 11 is 0. The molecule has 4 aromatic rings. The molecular weight excluding hydrogens is 454 g/mol. The molecule has 0 unspecified atom stereocenters. The van der Waals surface area contributed by atoms with Crippen LogP contribution >= 0.6 is 0 Å². The van der Waals surface area contributed by atoms with Gasteiger partial charge in [0.1, 0.15) is 0 Å². The van der Waals surface area contributed by atoms with E-state index in [1.54, 1.807) is 29.0 Å². The van der Waals surface area contributed by atoms with Gasteiger partial charge in [0, 0.05) is 34.7 Å². The smallest absolute Gasteiger partial charge is 0.251 e. The molecular formula is C28H25N5O3. The van der Waals surface area contributed by atoms with Crippen molar-refractivity contribution in [1.29, 1.82) is 0 Å². The van der Waals surface area contributed by atoms with Gasteiger partial charge in [-0.2, -0.15) is 5.10 Å². The topological polar surface area (TPSA) is 119 Å². The van der Waals surface area contributed by atoms with Gasteiger partial charge in [-0.1, -0.05) is 54.1 Å². The lowest BCUT2D eigenvalue weighted by Crippen LogP contribution is -2.33. The summed E-state index contributed by atoms with van der Waals surface area (Å²) in [5.41, 5.74) is 10.3. The third-order valence-electron chi connectivity index (χ3n) is 5.32. The van der Waals surface area contributed by atoms with Crippen LogP contribution in [0.15, 0.2) is 91.1 Å². The van der Waals surface area contributed by atoms with Crippen LogP contribution in [-0.4, -0.2) is 34.0 Å². The van der Waals surface area contributed by atoms with E-state index in [2.05, 4.69) is 10.6 Å². The van der Waals surface area contributed by atoms with Crippen molar-refractivity contribution in [2.75, 3.05) is 11.9 Å². The molecule has 0 aliphatic carbocycles. The average molecular weight is 480 g/mol. The quantitative estimate of drug-likeness (QED) is 0.334. The van der Waals surface area contributed by atoms with Crippen LogP contribution in [0, 0.1) is 6.92 Å². The van der Waals surface area contributed by atoms with Gasteiger partial charge in [0.2, 0.25) is 11.8 Å². The molecule has 3 amide bonds. The number of nitrogens with one attached hydrogen (secondary N) is 2. The van der Waals surface area contributed by atoms with E-state index in [1.165, 1.54) is 12.1 Å². The van der Waals surface area contributed by atoms with Gasteiger partial charge in [0.25, 0.3) is 5.91 Å². The van der Waals surface area contributed by atoms with Crippen LogP contribution < -0.4 is 16.4 Å². The summed E-state index contributed by atoms with van der Waals surface area (Å²) in [5.74, 6) is -1.47. The Kier molecular flexibility index (Phi) is 7.36. The maximum Gasteiger partial charge on any atom is 0.251 e. The minimum atomic E-state index is -0.640. The Morgan fingerprint density at radius 1 is 0.972 bits per heavy atom. The summed E-state index contributed by atoms with van der Waals surface area (Å²) in [7, 11) is 0. The molecule has 0 fully saturated rings. The number of carbonyl (C=O) groups excluding carboxylic acids is 3. The number of aryl methyl sites for hydroxylation is 1. The molecule has 36 heavy (non-hydrogen) atoms. The summed E-state index contributed by atoms with van der Waals surface area (Å²) in [6, 6.07) is 24.2. The number of carbonyl (C=O) groups is 3. The number of anilines is 1. The van der Waals surface area contributed by atoms with Crippen LogP contribution in [0.5, 0.6) is 0 Å². The molecule has 0 aliphatic rings. The zero-order valence-corrected chi connectivity index (χ0v) is 19.6. The van der Waals surface area contributed by atoms with Gasteiger partial charge in [0.05, 0.1) is 17.9 Å². The Labute approximate surface area is 208 Å². The van der Waals surface area contributed by atoms with Crippen molar-refractivity contribution < 1.29 is 14.4 Å². The second-order valence-corrected chi connectivity index (χ2v) is 8.13. The second-order valence-electron chi connectivity index (χ2n) is 8.13. The van der Waals surface area contributed by atoms with E-state index in [9.17, 15) is 14.4 Å². The van der Waals surface area contributed by atoms with Crippen LogP contribution in [0.2, 0.25) is 0 Å². The van der Waals surface area contributed by atoms with Crippen molar-refractivity contribution in [3.05, 3.63) is 108 Å². The Morgan fingerprint density at radius 3 is 2.44 bits per heavy atom. The van der Waals surface area contributed by atoms with Gasteiger partial charge < -0.3 is 16.4 Å². The monoisotopic (exact) mass is 479 g/mol. The van der Waals surface area contributed by atoms with E-state index in [0.29, 0.717) is 11.3 Å². The van der Waals surface area contributed by atoms with Gasteiger partial charge in [-0.15, -0.1) is 0 Å². The highest BCUT2D eigenvalue weighted by molar-refractivity contribution is 6.03. The molecule has 4 N–H and O–H groups in total. The number of primary amides is 1. The van der Waals surface area contributed by atoms with E-state index in [4.69, 9.17) is 10.8 Å². The number of para-hydroxylation sites is 1. The molecule has 1 aromatic heterocycles. The molecule has 0 saturated carbocycles. The minimum absolute atomic E-state index is 0.266. The highest BCUT2D eigenvalue weighted by Crippen LogP contribution is 2.25. The van der Waals surface area contributed by atoms with Crippen LogP contribution in [0.3, 0.4) is 0 Å². The minimum Gasteiger partial charge on any atom is -0.368 e. The molecule has 0 radical (unpaired) electrons. The molecule has 0 bridgehead atoms. The first kappa shape index (κ1) is 24.2. The van der Waals surface area contributed by atoms with Crippen molar-refractivity contribution in [1.82, 2.24) is 15.1 Å². The highest BCUT2D eigenvalue weighted by atomic mass is 16.2. The van der Waals surface area contributed by atoms with Gasteiger partial charge in [-0.05, 0) is 43.3 Å². The SMILES string of the molecule is Cc1ccc(-c2nn(-c3ccccc3)cc2/C=C/C(=O)Nc2cccc(C(=O)NCC(N)=O)c2)cc1. The lowest BCUT2D eigenvalue weighted by Gasteiger charge is -2.06. The molecule has 8 heteroatoms. The summed E-state index contributed by atoms with van der Waals surface area (Å²) in [5, 5.41) is 9.93. The van der Waals surface area contributed by atoms with E-state index < -0.39 is 11.8 Å². The van der Waals surface area contributed by atoms with Crippen molar-refractivity contribution in [3.8, 4) is 16.9 Å². The number of amides is 3. The normalized spacial score (nSPS) is 10.8. The molecule has 180 valence electrons. The number of nitrogens with two attached hydrogens (primary N) is 1. The number of nitrogens with zero attached hydrogens (tertiary/aromatic N) is 2. The molecule has 0 aliphatic heterocycles. The first-order valence-corrected chi connectivity index (χ1v) is 11.3. The van der Waals surface area contributed by atoms with Crippen molar-refractivity contribution in [2.24, 2.45) is 5.73 Å². The number of rotatable bonds is 8. The molecule has 3 aromatic carbocycles. The van der Waals surface area contributed by atoms with E-state index in [0.717, 1.165) is 28.1 Å². The fourth-order valence-electron chi connectivity index (χ4n) is 3.52. The zero-order valence-electron chi connectivity index (χ0n) is 19.6. The standard InChI is InChI=1S/C28H25N5O3/c1-19-10-12-20(13-11-19)27-22(18-33(32-27)24-8-3-2-4-9-24)14-15-26(35)31-23-7-5-6-21(16-23)28(36)30-17-25(29)34/h2-16,18H,17H2,1H3,(H2,29,34)(H,30,36)(H,31,35)/b15-14+. The van der Waals surface area contributed by atoms with Gasteiger partial charge in [-0.3, -0.25) is 14.4 Å². The highest BCUT2D eigenvalue weighted by Gasteiger charge is 2.12. The Balaban J connectivity index is 1.55. The fraction of sp³-hybridized carbons (Fsp3) is 0.0714. The Hall–Kier alpha value is -4.98. The van der Waals surface area contributed by atoms with Crippen molar-refractivity contribution in [2.45, 2.75) is 6.92 Å². The van der Waals surface area contributed by atoms with Gasteiger partial charge in [0.15, 0.2) is 0 Å². The molecule has 0 atom stereocenters. The fourth-order valence-corrected chi connectivity index (χ4v) is 3.52. The van der Waals surface area contributed by atoms with E-state index >= 15 is 0 Å². The molecule has 8 nitrogen and oxygen atoms in total. The van der Waals surface area contributed by atoms with E-state index in [-0.39, 0.29) is 12.5 Å². The predicted molar refractivity (Wildman–Crippen MR) is 139 cm³/mol. The lowest BCUT2D eigenvalue weighted by molar-refractivity contribution is -0.117. The maximum atomic E-state index is 12.7. The maximum absolute atomic E-state index is 12.7. The van der Waals surface area contributed by atoms with Crippen LogP contribution in [0.1, 0.15) is 21.5 Å². The molecule has 0 spiro atoms. The zero-order chi connectivity index (χ0) is 25.5. The Bertz CT molecular complexity index is 1420. The lowest BCUT2D eigenvalue weighted by atomic mass is 10.1. The van der Waals surface area contributed by atoms with Crippen molar-refractivity contribution >= 4 is 29.5 Å². The first-order valence-electron chi connectivity index (χ1n) is 11.3. The van der Waals surface area contributed by atoms with Gasteiger partial charge >= 0.3 is 0 Å². The second kappa shape index (κ2) is 11.0. The molecule has 1 heterocycles. The molecule has 4 rings (SSSR count). The van der Waals surface area contributed by atoms with Crippen molar-refractivity contribution in [3.63, 3.8) is 0 Å². The third-order valence-corrected chi connectivity index (χ3v) is 5.32. The first-order chi connectivity index (χ1) is 17.4. The summed E-state index contributed by atoms with van der Waals surface area (Å²) < 4.78 is 1.78. The summed E-state index contributed by atoms with van der Waals surface area (Å²) in [6.45, 7) is 1.76. The van der Waals surface area contributed by atoms with Crippen LogP contribution in [0.25, 0.3) is 23.0 Å². The van der Waals surface area contributed by atoms with Crippen LogP contribution in [0.4, 0.5) is 5.69 Å². The number of benzene rings is 3. The van der Waals surface area contributed by atoms with E-state index in [1.807, 2.05) is 67.7 Å². The average Bonchev–Trinajstić information content (AvgIpc) is 3.31. The molecule has 0 saturated heterocycles. The third kappa shape index (κ3) is 6.12. The predicted octanol–water partition coefficient (Wildman–Crippen LogP) is 3.71. The van der Waals surface area contributed by atoms with Crippen LogP contribution in [-0.2, 0) is 9.59 Å². The summed E-state index contributed by atoms with van der Waals surface area (Å²) in [6.07, 6.45) is 5.00. The van der Waals surface area contributed by atoms with Gasteiger partial charge in [-0.25, -0.2) is 4.68 Å². The Morgan fingerprint density at radius 2 is 1.72 bits per heavy atom. The number of hydrogen-bond acceptors (Lipinski definition) is 4. The number of hydrogen-bond donors (Lipinski definition) is 3. The number of aromatic nitrogens is 2. The largest absolute Gasteiger partial charge is 0.368 e.